The quantitative estimate of drug-likeness (QED) is 0.0865. The lowest BCUT2D eigenvalue weighted by Crippen LogP contribution is -2.35. The number of hydrogen-bond donors (Lipinski definition) is 1. The van der Waals surface area contributed by atoms with Gasteiger partial charge in [0.1, 0.15) is 0 Å². The average molecular weight is 540 g/mol. The molecule has 0 aliphatic heterocycles. The Balaban J connectivity index is 3.80. The van der Waals surface area contributed by atoms with Crippen molar-refractivity contribution >= 4 is 5.91 Å². The van der Waals surface area contributed by atoms with Gasteiger partial charge in [-0.15, -0.1) is 0 Å². The summed E-state index contributed by atoms with van der Waals surface area (Å²) in [6.07, 6.45) is 34.1. The molecule has 0 aliphatic rings. The first kappa shape index (κ1) is 37.4. The van der Waals surface area contributed by atoms with Crippen LogP contribution in [-0.2, 0) is 9.53 Å². The zero-order chi connectivity index (χ0) is 27.8. The van der Waals surface area contributed by atoms with Crippen LogP contribution in [0.15, 0.2) is 0 Å². The largest absolute Gasteiger partial charge is 0.394 e. The van der Waals surface area contributed by atoms with Gasteiger partial charge in [-0.2, -0.15) is 0 Å². The third-order valence-corrected chi connectivity index (χ3v) is 7.87. The van der Waals surface area contributed by atoms with Gasteiger partial charge in [0.05, 0.1) is 19.8 Å². The summed E-state index contributed by atoms with van der Waals surface area (Å²) in [4.78, 5) is 14.9. The maximum absolute atomic E-state index is 12.9. The Labute approximate surface area is 239 Å². The van der Waals surface area contributed by atoms with Gasteiger partial charge in [0.2, 0.25) is 5.91 Å². The summed E-state index contributed by atoms with van der Waals surface area (Å²) in [6, 6.07) is 0. The van der Waals surface area contributed by atoms with Crippen LogP contribution < -0.4 is 0 Å². The van der Waals surface area contributed by atoms with Gasteiger partial charge in [-0.05, 0) is 12.8 Å². The van der Waals surface area contributed by atoms with Crippen LogP contribution in [0.3, 0.4) is 0 Å². The first-order chi connectivity index (χ1) is 18.8. The minimum atomic E-state index is 0.0473. The Bertz CT molecular complexity index is 457. The van der Waals surface area contributed by atoms with E-state index in [9.17, 15) is 4.79 Å². The molecule has 38 heavy (non-hydrogen) atoms. The second kappa shape index (κ2) is 32.6. The van der Waals surface area contributed by atoms with E-state index >= 15 is 0 Å². The zero-order valence-electron chi connectivity index (χ0n) is 26.1. The van der Waals surface area contributed by atoms with Gasteiger partial charge in [0.25, 0.3) is 0 Å². The van der Waals surface area contributed by atoms with E-state index in [1.54, 1.807) is 0 Å². The Kier molecular flexibility index (Phi) is 32.1. The second-order valence-corrected chi connectivity index (χ2v) is 11.6. The minimum Gasteiger partial charge on any atom is -0.394 e. The first-order valence-corrected chi connectivity index (χ1v) is 17.2. The average Bonchev–Trinajstić information content (AvgIpc) is 2.92. The van der Waals surface area contributed by atoms with Crippen LogP contribution in [0.1, 0.15) is 181 Å². The number of carbonyl (C=O) groups excluding carboxylic acids is 1. The minimum absolute atomic E-state index is 0.0473. The van der Waals surface area contributed by atoms with Gasteiger partial charge in [0, 0.05) is 19.5 Å². The van der Waals surface area contributed by atoms with Crippen molar-refractivity contribution in [3.8, 4) is 0 Å². The van der Waals surface area contributed by atoms with Crippen molar-refractivity contribution in [2.75, 3.05) is 32.9 Å². The summed E-state index contributed by atoms with van der Waals surface area (Å²) in [7, 11) is 0. The molecule has 0 spiro atoms. The van der Waals surface area contributed by atoms with Crippen molar-refractivity contribution in [2.24, 2.45) is 0 Å². The molecule has 0 rings (SSSR count). The van der Waals surface area contributed by atoms with Gasteiger partial charge in [-0.25, -0.2) is 0 Å². The number of amides is 1. The molecular formula is C34H69NO3. The fourth-order valence-electron chi connectivity index (χ4n) is 5.30. The topological polar surface area (TPSA) is 49.8 Å². The molecule has 0 saturated carbocycles. The van der Waals surface area contributed by atoms with Gasteiger partial charge in [0.15, 0.2) is 0 Å². The summed E-state index contributed by atoms with van der Waals surface area (Å²) in [5.74, 6) is 0.295. The fraction of sp³-hybridized carbons (Fsp3) is 0.971. The Morgan fingerprint density at radius 2 is 0.868 bits per heavy atom. The monoisotopic (exact) mass is 540 g/mol. The van der Waals surface area contributed by atoms with Crippen LogP contribution in [0.4, 0.5) is 0 Å². The predicted octanol–water partition coefficient (Wildman–Crippen LogP) is 10.0. The summed E-state index contributed by atoms with van der Waals surface area (Å²) in [5, 5.41) is 8.95. The van der Waals surface area contributed by atoms with Gasteiger partial charge in [-0.1, -0.05) is 162 Å². The molecular weight excluding hydrogens is 470 g/mol. The number of ether oxygens (including phenoxy) is 1. The Morgan fingerprint density at radius 3 is 1.26 bits per heavy atom. The van der Waals surface area contributed by atoms with Crippen LogP contribution in [0.2, 0.25) is 0 Å². The molecule has 4 heteroatoms. The van der Waals surface area contributed by atoms with Crippen molar-refractivity contribution in [2.45, 2.75) is 181 Å². The number of aliphatic hydroxyl groups excluding tert-OH is 1. The van der Waals surface area contributed by atoms with E-state index in [2.05, 4.69) is 13.8 Å². The van der Waals surface area contributed by atoms with Crippen molar-refractivity contribution in [3.05, 3.63) is 0 Å². The lowest BCUT2D eigenvalue weighted by Gasteiger charge is -2.23. The molecule has 0 aromatic rings. The zero-order valence-corrected chi connectivity index (χ0v) is 26.1. The first-order valence-electron chi connectivity index (χ1n) is 17.2. The van der Waals surface area contributed by atoms with Gasteiger partial charge < -0.3 is 14.7 Å². The highest BCUT2D eigenvalue weighted by Gasteiger charge is 2.12. The molecule has 1 amide bonds. The summed E-state index contributed by atoms with van der Waals surface area (Å²) in [6.45, 7) is 7.02. The van der Waals surface area contributed by atoms with E-state index in [4.69, 9.17) is 9.84 Å². The van der Waals surface area contributed by atoms with Crippen LogP contribution >= 0.6 is 0 Å². The molecule has 228 valence electrons. The lowest BCUT2D eigenvalue weighted by atomic mass is 10.0. The maximum atomic E-state index is 12.9. The molecule has 0 aromatic carbocycles. The van der Waals surface area contributed by atoms with Crippen LogP contribution in [0.25, 0.3) is 0 Å². The smallest absolute Gasteiger partial charge is 0.222 e. The second-order valence-electron chi connectivity index (χ2n) is 11.6. The number of carbonyl (C=O) groups is 1. The molecule has 0 fully saturated rings. The van der Waals surface area contributed by atoms with Crippen molar-refractivity contribution < 1.29 is 14.6 Å². The molecule has 0 aliphatic carbocycles. The highest BCUT2D eigenvalue weighted by atomic mass is 16.5. The molecule has 0 radical (unpaired) electrons. The number of aliphatic hydroxyl groups is 1. The Morgan fingerprint density at radius 1 is 0.500 bits per heavy atom. The third-order valence-electron chi connectivity index (χ3n) is 7.87. The SMILES string of the molecule is CCCCCCCCCCCCCCCCN(CCOCCO)C(=O)CCCCCCCCCCCCC. The van der Waals surface area contributed by atoms with Crippen LogP contribution in [0.5, 0.6) is 0 Å². The molecule has 0 saturated heterocycles. The molecule has 4 nitrogen and oxygen atoms in total. The highest BCUT2D eigenvalue weighted by Crippen LogP contribution is 2.15. The molecule has 0 unspecified atom stereocenters. The molecule has 0 atom stereocenters. The van der Waals surface area contributed by atoms with E-state index in [-0.39, 0.29) is 6.61 Å². The van der Waals surface area contributed by atoms with Crippen LogP contribution in [-0.4, -0.2) is 48.8 Å². The number of hydrogen-bond acceptors (Lipinski definition) is 3. The Hall–Kier alpha value is -0.610. The maximum Gasteiger partial charge on any atom is 0.222 e. The third kappa shape index (κ3) is 28.4. The summed E-state index contributed by atoms with van der Waals surface area (Å²) >= 11 is 0. The predicted molar refractivity (Wildman–Crippen MR) is 166 cm³/mol. The lowest BCUT2D eigenvalue weighted by molar-refractivity contribution is -0.132. The number of unbranched alkanes of at least 4 members (excludes halogenated alkanes) is 23. The molecule has 0 bridgehead atoms. The highest BCUT2D eigenvalue weighted by molar-refractivity contribution is 5.76. The van der Waals surface area contributed by atoms with Gasteiger partial charge in [-0.3, -0.25) is 4.79 Å². The normalized spacial score (nSPS) is 11.3. The van der Waals surface area contributed by atoms with E-state index < -0.39 is 0 Å². The fourth-order valence-corrected chi connectivity index (χ4v) is 5.30. The van der Waals surface area contributed by atoms with E-state index in [1.807, 2.05) is 4.90 Å². The number of rotatable bonds is 32. The van der Waals surface area contributed by atoms with E-state index in [0.717, 1.165) is 19.4 Å². The molecule has 0 aromatic heterocycles. The summed E-state index contributed by atoms with van der Waals surface area (Å²) in [5.41, 5.74) is 0. The van der Waals surface area contributed by atoms with Crippen LogP contribution in [0, 0.1) is 0 Å². The van der Waals surface area contributed by atoms with E-state index in [0.29, 0.717) is 32.1 Å². The molecule has 1 N–H and O–H groups in total. The van der Waals surface area contributed by atoms with E-state index in [1.165, 1.54) is 148 Å². The summed E-state index contributed by atoms with van der Waals surface area (Å²) < 4.78 is 5.45. The standard InChI is InChI=1S/C34H69NO3/c1-3-5-7-9-11-13-15-16-17-19-21-23-25-27-29-35(30-32-38-33-31-36)34(37)28-26-24-22-20-18-14-12-10-8-6-4-2/h36H,3-33H2,1-2H3. The van der Waals surface area contributed by atoms with Gasteiger partial charge >= 0.3 is 0 Å². The van der Waals surface area contributed by atoms with Crippen molar-refractivity contribution in [1.82, 2.24) is 4.90 Å². The van der Waals surface area contributed by atoms with Crippen molar-refractivity contribution in [1.29, 1.82) is 0 Å². The van der Waals surface area contributed by atoms with Crippen molar-refractivity contribution in [3.63, 3.8) is 0 Å². The number of nitrogens with zero attached hydrogens (tertiary/aromatic N) is 1. The molecule has 0 heterocycles.